The number of fused-ring (bicyclic) bond motifs is 1. The molecule has 2 aromatic heterocycles. The van der Waals surface area contributed by atoms with Crippen molar-refractivity contribution in [1.29, 1.82) is 0 Å². The Hall–Kier alpha value is -4.54. The minimum atomic E-state index is -2.97. The van der Waals surface area contributed by atoms with Crippen LogP contribution in [0.5, 0.6) is 11.5 Å². The Bertz CT molecular complexity index is 1600. The van der Waals surface area contributed by atoms with E-state index in [4.69, 9.17) is 9.84 Å². The van der Waals surface area contributed by atoms with E-state index in [2.05, 4.69) is 15.0 Å². The zero-order valence-electron chi connectivity index (χ0n) is 23.9. The Morgan fingerprint density at radius 1 is 1.02 bits per heavy atom. The average Bonchev–Trinajstić information content (AvgIpc) is 3.66. The van der Waals surface area contributed by atoms with Gasteiger partial charge in [-0.3, -0.25) is 9.69 Å². The van der Waals surface area contributed by atoms with Crippen molar-refractivity contribution in [1.82, 2.24) is 24.8 Å². The summed E-state index contributed by atoms with van der Waals surface area (Å²) in [6.45, 7) is 4.70. The number of halogens is 2. The zero-order chi connectivity index (χ0) is 30.0. The van der Waals surface area contributed by atoms with Gasteiger partial charge in [-0.15, -0.1) is 0 Å². The van der Waals surface area contributed by atoms with Gasteiger partial charge in [-0.25, -0.2) is 14.3 Å². The first-order valence-corrected chi connectivity index (χ1v) is 13.9. The standard InChI is InChI=1S/C31H33F2N5O4/c1-18(2)35-31(40)37(19(3)4)29(39)23-7-5-6-21(14-23)24-16-28-34-13-12-25(38(28)36-24)22-10-11-26(42-30(32)33)27(15-22)41-17-20-8-9-20/h5-7,10-16,18-20,30H,8-9,17H2,1-4H3,(H,35,40). The molecule has 220 valence electrons. The maximum atomic E-state index is 13.4. The average molecular weight is 578 g/mol. The fourth-order valence-corrected chi connectivity index (χ4v) is 4.55. The predicted octanol–water partition coefficient (Wildman–Crippen LogP) is 6.42. The van der Waals surface area contributed by atoms with E-state index in [9.17, 15) is 18.4 Å². The molecule has 0 unspecified atom stereocenters. The number of amides is 3. The lowest BCUT2D eigenvalue weighted by Crippen LogP contribution is -2.49. The highest BCUT2D eigenvalue weighted by Gasteiger charge is 2.27. The molecule has 1 aliphatic carbocycles. The quantitative estimate of drug-likeness (QED) is 0.234. The van der Waals surface area contributed by atoms with Crippen molar-refractivity contribution in [2.75, 3.05) is 6.61 Å². The third-order valence-electron chi connectivity index (χ3n) is 6.76. The van der Waals surface area contributed by atoms with Crippen molar-refractivity contribution in [2.24, 2.45) is 5.92 Å². The van der Waals surface area contributed by atoms with Gasteiger partial charge in [0.05, 0.1) is 18.0 Å². The van der Waals surface area contributed by atoms with Gasteiger partial charge in [0.15, 0.2) is 17.1 Å². The van der Waals surface area contributed by atoms with Crippen molar-refractivity contribution in [3.63, 3.8) is 0 Å². The van der Waals surface area contributed by atoms with Crippen LogP contribution < -0.4 is 14.8 Å². The van der Waals surface area contributed by atoms with Gasteiger partial charge in [-0.1, -0.05) is 12.1 Å². The molecule has 1 fully saturated rings. The maximum absolute atomic E-state index is 13.4. The van der Waals surface area contributed by atoms with Crippen LogP contribution in [0.4, 0.5) is 13.6 Å². The summed E-state index contributed by atoms with van der Waals surface area (Å²) in [7, 11) is 0. The first-order valence-electron chi connectivity index (χ1n) is 13.9. The van der Waals surface area contributed by atoms with Crippen LogP contribution in [0.15, 0.2) is 60.8 Å². The Balaban J connectivity index is 1.47. The smallest absolute Gasteiger partial charge is 0.387 e. The minimum absolute atomic E-state index is 0.0279. The topological polar surface area (TPSA) is 98.1 Å². The van der Waals surface area contributed by atoms with Gasteiger partial charge in [-0.2, -0.15) is 13.9 Å². The molecule has 0 bridgehead atoms. The molecular weight excluding hydrogens is 544 g/mol. The number of imide groups is 1. The number of nitrogens with zero attached hydrogens (tertiary/aromatic N) is 4. The summed E-state index contributed by atoms with van der Waals surface area (Å²) < 4.78 is 38.2. The summed E-state index contributed by atoms with van der Waals surface area (Å²) in [4.78, 5) is 31.8. The Labute approximate surface area is 242 Å². The van der Waals surface area contributed by atoms with Crippen LogP contribution in [0.25, 0.3) is 28.2 Å². The number of alkyl halides is 2. The number of benzene rings is 2. The summed E-state index contributed by atoms with van der Waals surface area (Å²) in [5.41, 5.74) is 3.46. The molecule has 0 spiro atoms. The second kappa shape index (κ2) is 12.1. The van der Waals surface area contributed by atoms with Crippen molar-refractivity contribution < 1.29 is 27.8 Å². The van der Waals surface area contributed by atoms with Crippen LogP contribution in [0.3, 0.4) is 0 Å². The van der Waals surface area contributed by atoms with Gasteiger partial charge in [0.1, 0.15) is 0 Å². The van der Waals surface area contributed by atoms with Gasteiger partial charge in [0, 0.05) is 41.0 Å². The molecular formula is C31H33F2N5O4. The zero-order valence-corrected chi connectivity index (χ0v) is 23.9. The monoisotopic (exact) mass is 577 g/mol. The van der Waals surface area contributed by atoms with E-state index in [1.165, 1.54) is 11.0 Å². The first kappa shape index (κ1) is 29.0. The number of rotatable bonds is 10. The molecule has 5 rings (SSSR count). The number of hydrogen-bond donors (Lipinski definition) is 1. The normalized spacial score (nSPS) is 13.2. The Kier molecular flexibility index (Phi) is 8.37. The van der Waals surface area contributed by atoms with Crippen LogP contribution in [-0.4, -0.2) is 56.7 Å². The molecule has 1 aliphatic rings. The first-order chi connectivity index (χ1) is 20.1. The number of carbonyl (C=O) groups is 2. The summed E-state index contributed by atoms with van der Waals surface area (Å²) in [6, 6.07) is 14.4. The molecule has 42 heavy (non-hydrogen) atoms. The van der Waals surface area contributed by atoms with E-state index in [1.54, 1.807) is 67.0 Å². The van der Waals surface area contributed by atoms with Gasteiger partial charge in [0.2, 0.25) is 0 Å². The molecule has 2 heterocycles. The van der Waals surface area contributed by atoms with E-state index < -0.39 is 18.5 Å². The van der Waals surface area contributed by atoms with Crippen LogP contribution in [-0.2, 0) is 0 Å². The van der Waals surface area contributed by atoms with Gasteiger partial charge < -0.3 is 14.8 Å². The summed E-state index contributed by atoms with van der Waals surface area (Å²) in [6.07, 6.45) is 3.75. The molecule has 1 N–H and O–H groups in total. The largest absolute Gasteiger partial charge is 0.489 e. The highest BCUT2D eigenvalue weighted by atomic mass is 19.3. The van der Waals surface area contributed by atoms with Gasteiger partial charge in [-0.05, 0) is 82.9 Å². The number of hydrogen-bond acceptors (Lipinski definition) is 6. The third kappa shape index (κ3) is 6.50. The van der Waals surface area contributed by atoms with Crippen molar-refractivity contribution in [3.05, 3.63) is 66.4 Å². The number of nitrogens with one attached hydrogen (secondary N) is 1. The fourth-order valence-electron chi connectivity index (χ4n) is 4.55. The molecule has 1 saturated carbocycles. The molecule has 11 heteroatoms. The molecule has 9 nitrogen and oxygen atoms in total. The molecule has 0 radical (unpaired) electrons. The molecule has 0 aliphatic heterocycles. The lowest BCUT2D eigenvalue weighted by Gasteiger charge is -2.26. The van der Waals surface area contributed by atoms with Crippen molar-refractivity contribution in [3.8, 4) is 34.0 Å². The predicted molar refractivity (Wildman–Crippen MR) is 154 cm³/mol. The lowest BCUT2D eigenvalue weighted by atomic mass is 10.1. The summed E-state index contributed by atoms with van der Waals surface area (Å²) >= 11 is 0. The van der Waals surface area contributed by atoms with E-state index >= 15 is 0 Å². The molecule has 4 aromatic rings. The van der Waals surface area contributed by atoms with Crippen LogP contribution in [0, 0.1) is 5.92 Å². The van der Waals surface area contributed by atoms with Crippen LogP contribution >= 0.6 is 0 Å². The van der Waals surface area contributed by atoms with Crippen LogP contribution in [0.2, 0.25) is 0 Å². The molecule has 2 aromatic carbocycles. The Morgan fingerprint density at radius 3 is 2.50 bits per heavy atom. The van der Waals surface area contributed by atoms with Gasteiger partial charge in [0.25, 0.3) is 5.91 Å². The molecule has 0 saturated heterocycles. The molecule has 0 atom stereocenters. The van der Waals surface area contributed by atoms with Crippen molar-refractivity contribution in [2.45, 2.75) is 59.2 Å². The van der Waals surface area contributed by atoms with E-state index in [1.807, 2.05) is 19.9 Å². The van der Waals surface area contributed by atoms with E-state index in [-0.39, 0.29) is 23.6 Å². The fraction of sp³-hybridized carbons (Fsp3) is 0.355. The summed E-state index contributed by atoms with van der Waals surface area (Å²) in [5.74, 6) is 0.214. The van der Waals surface area contributed by atoms with Crippen molar-refractivity contribution >= 4 is 17.6 Å². The number of ether oxygens (including phenoxy) is 2. The third-order valence-corrected chi connectivity index (χ3v) is 6.76. The highest BCUT2D eigenvalue weighted by Crippen LogP contribution is 2.36. The lowest BCUT2D eigenvalue weighted by molar-refractivity contribution is -0.0515. The van der Waals surface area contributed by atoms with Gasteiger partial charge >= 0.3 is 12.6 Å². The second-order valence-electron chi connectivity index (χ2n) is 10.9. The highest BCUT2D eigenvalue weighted by molar-refractivity contribution is 6.05. The SMILES string of the molecule is CC(C)NC(=O)N(C(=O)c1cccc(-c2cc3nccc(-c4ccc(OC(F)F)c(OCC5CC5)c4)n3n2)c1)C(C)C. The Morgan fingerprint density at radius 2 is 1.81 bits per heavy atom. The maximum Gasteiger partial charge on any atom is 0.387 e. The number of carbonyl (C=O) groups excluding carboxylic acids is 2. The number of urea groups is 1. The van der Waals surface area contributed by atoms with Crippen LogP contribution in [0.1, 0.15) is 50.9 Å². The number of aromatic nitrogens is 3. The second-order valence-corrected chi connectivity index (χ2v) is 10.9. The summed E-state index contributed by atoms with van der Waals surface area (Å²) in [5, 5.41) is 7.54. The molecule has 3 amide bonds. The minimum Gasteiger partial charge on any atom is -0.489 e. The van der Waals surface area contributed by atoms with E-state index in [0.717, 1.165) is 12.8 Å². The van der Waals surface area contributed by atoms with E-state index in [0.29, 0.717) is 46.3 Å².